The van der Waals surface area contributed by atoms with E-state index in [0.29, 0.717) is 6.54 Å². The zero-order valence-electron chi connectivity index (χ0n) is 16.2. The monoisotopic (exact) mass is 353 g/mol. The molecule has 2 amide bonds. The highest BCUT2D eigenvalue weighted by Crippen LogP contribution is 2.31. The van der Waals surface area contributed by atoms with Crippen LogP contribution < -0.4 is 10.6 Å². The highest BCUT2D eigenvalue weighted by Gasteiger charge is 2.36. The molecule has 4 heteroatoms. The lowest BCUT2D eigenvalue weighted by Crippen LogP contribution is -2.57. The summed E-state index contributed by atoms with van der Waals surface area (Å²) < 4.78 is 0. The fraction of sp³-hybridized carbons (Fsp3) is 0.500. The van der Waals surface area contributed by atoms with Gasteiger partial charge in [0, 0.05) is 18.1 Å². The minimum absolute atomic E-state index is 0.0222. The first-order valence-electron chi connectivity index (χ1n) is 9.63. The molecule has 4 nitrogen and oxygen atoms in total. The maximum Gasteiger partial charge on any atom is 0.315 e. The van der Waals surface area contributed by atoms with Gasteiger partial charge in [0.1, 0.15) is 0 Å². The Morgan fingerprint density at radius 3 is 2.73 bits per heavy atom. The van der Waals surface area contributed by atoms with Crippen LogP contribution >= 0.6 is 0 Å². The van der Waals surface area contributed by atoms with E-state index in [9.17, 15) is 4.79 Å². The van der Waals surface area contributed by atoms with E-state index >= 15 is 0 Å². The van der Waals surface area contributed by atoms with Crippen molar-refractivity contribution in [3.8, 4) is 0 Å². The van der Waals surface area contributed by atoms with Gasteiger partial charge in [-0.15, -0.1) is 0 Å². The third-order valence-electron chi connectivity index (χ3n) is 5.79. The number of urea groups is 1. The molecule has 2 aliphatic carbocycles. The number of carbonyl (C=O) groups excluding carboxylic acids is 1. The van der Waals surface area contributed by atoms with Crippen molar-refractivity contribution in [1.29, 1.82) is 0 Å². The number of rotatable bonds is 6. The highest BCUT2D eigenvalue weighted by molar-refractivity contribution is 5.74. The van der Waals surface area contributed by atoms with Gasteiger partial charge in [-0.25, -0.2) is 4.79 Å². The number of amides is 2. The van der Waals surface area contributed by atoms with Crippen molar-refractivity contribution in [2.24, 2.45) is 0 Å². The Hall–Kier alpha value is -2.07. The van der Waals surface area contributed by atoms with Crippen molar-refractivity contribution in [3.05, 3.63) is 59.2 Å². The number of hydrogen-bond acceptors (Lipinski definition) is 2. The molecule has 0 aromatic heterocycles. The van der Waals surface area contributed by atoms with E-state index < -0.39 is 0 Å². The maximum atomic E-state index is 12.4. The highest BCUT2D eigenvalue weighted by atomic mass is 16.2. The average molecular weight is 354 g/mol. The van der Waals surface area contributed by atoms with E-state index in [1.807, 2.05) is 0 Å². The molecule has 0 spiro atoms. The molecule has 2 N–H and O–H groups in total. The molecule has 0 fully saturated rings. The van der Waals surface area contributed by atoms with Crippen LogP contribution in [0.25, 0.3) is 0 Å². The molecule has 2 unspecified atom stereocenters. The van der Waals surface area contributed by atoms with Crippen LogP contribution in [-0.4, -0.2) is 43.2 Å². The Balaban J connectivity index is 1.56. The van der Waals surface area contributed by atoms with Crippen molar-refractivity contribution in [1.82, 2.24) is 15.5 Å². The first-order valence-corrected chi connectivity index (χ1v) is 9.63. The summed E-state index contributed by atoms with van der Waals surface area (Å²) in [5.74, 6) is 0. The number of benzene rings is 1. The molecule has 2 aliphatic rings. The van der Waals surface area contributed by atoms with Crippen LogP contribution in [-0.2, 0) is 12.8 Å². The third-order valence-corrected chi connectivity index (χ3v) is 5.79. The molecule has 0 bridgehead atoms. The minimum atomic E-state index is -0.0693. The van der Waals surface area contributed by atoms with E-state index in [2.05, 4.69) is 79.0 Å². The molecule has 0 aliphatic heterocycles. The fourth-order valence-corrected chi connectivity index (χ4v) is 4.06. The second kappa shape index (κ2) is 8.09. The van der Waals surface area contributed by atoms with Crippen LogP contribution in [0.3, 0.4) is 0 Å². The summed E-state index contributed by atoms with van der Waals surface area (Å²) in [5, 5.41) is 6.21. The maximum absolute atomic E-state index is 12.4. The molecule has 26 heavy (non-hydrogen) atoms. The molecule has 3 rings (SSSR count). The largest absolute Gasteiger partial charge is 0.336 e. The Morgan fingerprint density at radius 2 is 2.04 bits per heavy atom. The molecule has 2 atom stereocenters. The van der Waals surface area contributed by atoms with Crippen molar-refractivity contribution < 1.29 is 4.79 Å². The van der Waals surface area contributed by atoms with Gasteiger partial charge in [0.2, 0.25) is 0 Å². The minimum Gasteiger partial charge on any atom is -0.336 e. The van der Waals surface area contributed by atoms with Crippen molar-refractivity contribution in [3.63, 3.8) is 0 Å². The molecule has 0 saturated carbocycles. The lowest BCUT2D eigenvalue weighted by atomic mass is 9.77. The normalized spacial score (nSPS) is 22.7. The molecular weight excluding hydrogens is 322 g/mol. The fourth-order valence-electron chi connectivity index (χ4n) is 4.06. The zero-order chi connectivity index (χ0) is 18.6. The summed E-state index contributed by atoms with van der Waals surface area (Å²) in [5.41, 5.74) is 4.14. The summed E-state index contributed by atoms with van der Waals surface area (Å²) in [4.78, 5) is 14.7. The molecule has 0 heterocycles. The lowest BCUT2D eigenvalue weighted by molar-refractivity contribution is 0.129. The lowest BCUT2D eigenvalue weighted by Gasteiger charge is -2.43. The van der Waals surface area contributed by atoms with E-state index in [1.54, 1.807) is 0 Å². The van der Waals surface area contributed by atoms with Crippen LogP contribution in [0.15, 0.2) is 48.1 Å². The van der Waals surface area contributed by atoms with Crippen LogP contribution in [0.1, 0.15) is 37.3 Å². The van der Waals surface area contributed by atoms with E-state index in [1.165, 1.54) is 16.7 Å². The van der Waals surface area contributed by atoms with E-state index in [0.717, 1.165) is 32.1 Å². The second-order valence-corrected chi connectivity index (χ2v) is 7.91. The van der Waals surface area contributed by atoms with Gasteiger partial charge in [-0.3, -0.25) is 0 Å². The summed E-state index contributed by atoms with van der Waals surface area (Å²) in [7, 11) is 4.24. The van der Waals surface area contributed by atoms with Gasteiger partial charge in [-0.1, -0.05) is 42.5 Å². The van der Waals surface area contributed by atoms with Gasteiger partial charge in [-0.2, -0.15) is 0 Å². The summed E-state index contributed by atoms with van der Waals surface area (Å²) in [6, 6.07) is 8.73. The average Bonchev–Trinajstić information content (AvgIpc) is 3.12. The number of carbonyl (C=O) groups is 1. The molecule has 1 aromatic carbocycles. The number of hydrogen-bond donors (Lipinski definition) is 2. The number of nitrogens with one attached hydrogen (secondary N) is 2. The molecule has 1 aromatic rings. The summed E-state index contributed by atoms with van der Waals surface area (Å²) >= 11 is 0. The molecule has 0 radical (unpaired) electrons. The van der Waals surface area contributed by atoms with Gasteiger partial charge in [0.05, 0.1) is 0 Å². The Kier molecular flexibility index (Phi) is 5.82. The van der Waals surface area contributed by atoms with Crippen molar-refractivity contribution in [2.75, 3.05) is 20.6 Å². The number of allylic oxidation sites excluding steroid dienone is 3. The number of likely N-dealkylation sites (N-methyl/N-ethyl adjacent to an activating group) is 1. The predicted molar refractivity (Wildman–Crippen MR) is 107 cm³/mol. The number of nitrogens with zero attached hydrogens (tertiary/aromatic N) is 1. The smallest absolute Gasteiger partial charge is 0.315 e. The number of fused-ring (bicyclic) bond motifs is 1. The van der Waals surface area contributed by atoms with Gasteiger partial charge in [0.25, 0.3) is 0 Å². The van der Waals surface area contributed by atoms with E-state index in [4.69, 9.17) is 0 Å². The topological polar surface area (TPSA) is 44.4 Å². The molecule has 140 valence electrons. The Labute approximate surface area is 157 Å². The van der Waals surface area contributed by atoms with Gasteiger partial charge < -0.3 is 15.5 Å². The van der Waals surface area contributed by atoms with E-state index in [-0.39, 0.29) is 17.6 Å². The quantitative estimate of drug-likeness (QED) is 0.823. The molecular formula is C22H31N3O. The Morgan fingerprint density at radius 1 is 1.27 bits per heavy atom. The van der Waals surface area contributed by atoms with Crippen molar-refractivity contribution in [2.45, 2.75) is 50.6 Å². The van der Waals surface area contributed by atoms with Crippen molar-refractivity contribution >= 4 is 6.03 Å². The SMILES string of the molecule is CC(CC1=CCC=C1)NC(=O)NCC1(N(C)C)CCc2ccccc2C1. The van der Waals surface area contributed by atoms with Gasteiger partial charge >= 0.3 is 6.03 Å². The Bertz CT molecular complexity index is 707. The van der Waals surface area contributed by atoms with Crippen LogP contribution in [0.4, 0.5) is 4.79 Å². The zero-order valence-corrected chi connectivity index (χ0v) is 16.2. The standard InChI is InChI=1S/C22H31N3O/c1-17(14-18-8-4-5-9-18)24-21(26)23-16-22(25(2)3)13-12-19-10-6-7-11-20(19)15-22/h4,6-11,17H,5,12-16H2,1-3H3,(H2,23,24,26). The molecule has 0 saturated heterocycles. The third kappa shape index (κ3) is 4.36. The summed E-state index contributed by atoms with van der Waals surface area (Å²) in [6.07, 6.45) is 11.5. The summed E-state index contributed by atoms with van der Waals surface area (Å²) in [6.45, 7) is 2.72. The van der Waals surface area contributed by atoms with Crippen LogP contribution in [0.5, 0.6) is 0 Å². The predicted octanol–water partition coefficient (Wildman–Crippen LogP) is 3.44. The van der Waals surface area contributed by atoms with Gasteiger partial charge in [0.15, 0.2) is 0 Å². The number of aryl methyl sites for hydroxylation is 1. The van der Waals surface area contributed by atoms with Gasteiger partial charge in [-0.05, 0) is 69.8 Å². The van der Waals surface area contributed by atoms with Crippen LogP contribution in [0.2, 0.25) is 0 Å². The second-order valence-electron chi connectivity index (χ2n) is 7.91. The van der Waals surface area contributed by atoms with Crippen LogP contribution in [0, 0.1) is 0 Å². The first kappa shape index (κ1) is 18.7. The first-order chi connectivity index (χ1) is 12.5.